The average Bonchev–Trinajstić information content (AvgIpc) is 2.89. The van der Waals surface area contributed by atoms with Crippen LogP contribution in [0.15, 0.2) is 40.9 Å². The molecule has 1 unspecified atom stereocenters. The van der Waals surface area contributed by atoms with Crippen LogP contribution >= 0.6 is 27.5 Å². The summed E-state index contributed by atoms with van der Waals surface area (Å²) in [5.41, 5.74) is 9.88. The SMILES string of the molecule is NC(Cc1ccccc1Br)Cc1cc(Cl)cc2c1OCC2. The van der Waals surface area contributed by atoms with Crippen molar-refractivity contribution in [3.8, 4) is 5.75 Å². The van der Waals surface area contributed by atoms with Crippen molar-refractivity contribution in [2.75, 3.05) is 6.61 Å². The second kappa shape index (κ2) is 6.39. The van der Waals surface area contributed by atoms with Gasteiger partial charge in [0, 0.05) is 22.0 Å². The van der Waals surface area contributed by atoms with E-state index in [0.29, 0.717) is 0 Å². The molecule has 1 aliphatic heterocycles. The van der Waals surface area contributed by atoms with Gasteiger partial charge in [-0.1, -0.05) is 45.7 Å². The van der Waals surface area contributed by atoms with Crippen molar-refractivity contribution in [3.63, 3.8) is 0 Å². The number of rotatable bonds is 4. The molecule has 21 heavy (non-hydrogen) atoms. The third-order valence-electron chi connectivity index (χ3n) is 3.75. The molecule has 110 valence electrons. The van der Waals surface area contributed by atoms with Crippen LogP contribution in [0.2, 0.25) is 5.02 Å². The van der Waals surface area contributed by atoms with Crippen LogP contribution in [0.4, 0.5) is 0 Å². The molecule has 0 aromatic heterocycles. The van der Waals surface area contributed by atoms with Crippen LogP contribution < -0.4 is 10.5 Å². The van der Waals surface area contributed by atoms with E-state index in [0.717, 1.165) is 46.7 Å². The molecule has 1 heterocycles. The Morgan fingerprint density at radius 3 is 2.76 bits per heavy atom. The number of halogens is 2. The van der Waals surface area contributed by atoms with E-state index in [2.05, 4.69) is 22.0 Å². The molecule has 1 aliphatic rings. The molecule has 1 atom stereocenters. The lowest BCUT2D eigenvalue weighted by Crippen LogP contribution is -2.26. The first kappa shape index (κ1) is 14.9. The summed E-state index contributed by atoms with van der Waals surface area (Å²) < 4.78 is 6.84. The van der Waals surface area contributed by atoms with Crippen LogP contribution in [0.5, 0.6) is 5.75 Å². The summed E-state index contributed by atoms with van der Waals surface area (Å²) in [6, 6.07) is 12.2. The minimum absolute atomic E-state index is 0.0375. The first-order chi connectivity index (χ1) is 10.1. The molecule has 2 nitrogen and oxygen atoms in total. The summed E-state index contributed by atoms with van der Waals surface area (Å²) in [4.78, 5) is 0. The van der Waals surface area contributed by atoms with Crippen molar-refractivity contribution < 1.29 is 4.74 Å². The fourth-order valence-electron chi connectivity index (χ4n) is 2.80. The van der Waals surface area contributed by atoms with Gasteiger partial charge in [-0.05, 0) is 47.7 Å². The number of ether oxygens (including phenoxy) is 1. The van der Waals surface area contributed by atoms with Gasteiger partial charge in [0.1, 0.15) is 5.75 Å². The Balaban J connectivity index is 1.77. The zero-order valence-electron chi connectivity index (χ0n) is 11.6. The number of fused-ring (bicyclic) bond motifs is 1. The van der Waals surface area contributed by atoms with Crippen LogP contribution in [-0.2, 0) is 19.3 Å². The molecule has 0 spiro atoms. The monoisotopic (exact) mass is 365 g/mol. The molecule has 0 bridgehead atoms. The lowest BCUT2D eigenvalue weighted by atomic mass is 9.97. The normalized spacial score (nSPS) is 14.6. The molecule has 0 amide bonds. The molecule has 2 aromatic carbocycles. The van der Waals surface area contributed by atoms with Gasteiger partial charge in [0.15, 0.2) is 0 Å². The van der Waals surface area contributed by atoms with Crippen LogP contribution in [-0.4, -0.2) is 12.6 Å². The molecule has 0 saturated heterocycles. The van der Waals surface area contributed by atoms with Gasteiger partial charge in [-0.2, -0.15) is 0 Å². The van der Waals surface area contributed by atoms with E-state index in [-0.39, 0.29) is 6.04 Å². The lowest BCUT2D eigenvalue weighted by Gasteiger charge is -2.15. The molecule has 0 aliphatic carbocycles. The smallest absolute Gasteiger partial charge is 0.125 e. The van der Waals surface area contributed by atoms with Crippen molar-refractivity contribution >= 4 is 27.5 Å². The molecule has 3 rings (SSSR count). The number of nitrogens with two attached hydrogens (primary N) is 1. The Kier molecular flexibility index (Phi) is 4.53. The number of hydrogen-bond acceptors (Lipinski definition) is 2. The highest BCUT2D eigenvalue weighted by atomic mass is 79.9. The van der Waals surface area contributed by atoms with E-state index in [9.17, 15) is 0 Å². The highest BCUT2D eigenvalue weighted by Crippen LogP contribution is 2.33. The Hall–Kier alpha value is -1.03. The third-order valence-corrected chi connectivity index (χ3v) is 4.74. The highest BCUT2D eigenvalue weighted by Gasteiger charge is 2.19. The van der Waals surface area contributed by atoms with Gasteiger partial charge < -0.3 is 10.5 Å². The Morgan fingerprint density at radius 1 is 1.19 bits per heavy atom. The number of hydrogen-bond donors (Lipinski definition) is 1. The molecular weight excluding hydrogens is 350 g/mol. The van der Waals surface area contributed by atoms with Crippen molar-refractivity contribution in [3.05, 3.63) is 62.6 Å². The maximum Gasteiger partial charge on any atom is 0.125 e. The minimum atomic E-state index is 0.0375. The van der Waals surface area contributed by atoms with Gasteiger partial charge in [-0.25, -0.2) is 0 Å². The summed E-state index contributed by atoms with van der Waals surface area (Å²) in [7, 11) is 0. The van der Waals surface area contributed by atoms with Gasteiger partial charge in [0.2, 0.25) is 0 Å². The van der Waals surface area contributed by atoms with Gasteiger partial charge in [-0.3, -0.25) is 0 Å². The van der Waals surface area contributed by atoms with Gasteiger partial charge in [0.25, 0.3) is 0 Å². The van der Waals surface area contributed by atoms with E-state index in [4.69, 9.17) is 22.1 Å². The highest BCUT2D eigenvalue weighted by molar-refractivity contribution is 9.10. The zero-order valence-corrected chi connectivity index (χ0v) is 14.0. The standard InChI is InChI=1S/C17H17BrClNO/c18-16-4-2-1-3-11(16)9-15(20)10-13-8-14(19)7-12-5-6-21-17(12)13/h1-4,7-8,15H,5-6,9-10,20H2. The van der Waals surface area contributed by atoms with Crippen LogP contribution in [0.25, 0.3) is 0 Å². The van der Waals surface area contributed by atoms with Crippen LogP contribution in [0, 0.1) is 0 Å². The second-order valence-corrected chi connectivity index (χ2v) is 6.70. The van der Waals surface area contributed by atoms with E-state index >= 15 is 0 Å². The van der Waals surface area contributed by atoms with Gasteiger partial charge >= 0.3 is 0 Å². The summed E-state index contributed by atoms with van der Waals surface area (Å²) in [6.45, 7) is 0.738. The van der Waals surface area contributed by atoms with Crippen molar-refractivity contribution in [1.82, 2.24) is 0 Å². The molecule has 0 radical (unpaired) electrons. The van der Waals surface area contributed by atoms with E-state index in [1.54, 1.807) is 0 Å². The molecular formula is C17H17BrClNO. The van der Waals surface area contributed by atoms with Crippen LogP contribution in [0.3, 0.4) is 0 Å². The predicted octanol–water partition coefficient (Wildman–Crippen LogP) is 4.15. The Labute approximate surface area is 138 Å². The zero-order chi connectivity index (χ0) is 14.8. The quantitative estimate of drug-likeness (QED) is 0.882. The summed E-state index contributed by atoms with van der Waals surface area (Å²) >= 11 is 9.76. The molecule has 0 fully saturated rings. The van der Waals surface area contributed by atoms with Crippen molar-refractivity contribution in [2.24, 2.45) is 5.73 Å². The summed E-state index contributed by atoms with van der Waals surface area (Å²) in [5.74, 6) is 0.988. The molecule has 4 heteroatoms. The van der Waals surface area contributed by atoms with Crippen LogP contribution in [0.1, 0.15) is 16.7 Å². The minimum Gasteiger partial charge on any atom is -0.493 e. The maximum absolute atomic E-state index is 6.33. The van der Waals surface area contributed by atoms with E-state index in [1.165, 1.54) is 11.1 Å². The van der Waals surface area contributed by atoms with Crippen molar-refractivity contribution in [1.29, 1.82) is 0 Å². The fourth-order valence-corrected chi connectivity index (χ4v) is 3.51. The molecule has 2 N–H and O–H groups in total. The fraction of sp³-hybridized carbons (Fsp3) is 0.294. The third kappa shape index (κ3) is 3.42. The molecule has 0 saturated carbocycles. The Bertz CT molecular complexity index is 659. The topological polar surface area (TPSA) is 35.2 Å². The lowest BCUT2D eigenvalue weighted by molar-refractivity contribution is 0.352. The second-order valence-electron chi connectivity index (χ2n) is 5.41. The first-order valence-corrected chi connectivity index (χ1v) is 8.23. The van der Waals surface area contributed by atoms with E-state index < -0.39 is 0 Å². The maximum atomic E-state index is 6.33. The van der Waals surface area contributed by atoms with Gasteiger partial charge in [0.05, 0.1) is 6.61 Å². The average molecular weight is 367 g/mol. The first-order valence-electron chi connectivity index (χ1n) is 7.06. The Morgan fingerprint density at radius 2 is 1.95 bits per heavy atom. The largest absolute Gasteiger partial charge is 0.493 e. The summed E-state index contributed by atoms with van der Waals surface area (Å²) in [5, 5.41) is 0.766. The molecule has 2 aromatic rings. The number of benzene rings is 2. The van der Waals surface area contributed by atoms with E-state index in [1.807, 2.05) is 30.3 Å². The summed E-state index contributed by atoms with van der Waals surface area (Å²) in [6.07, 6.45) is 2.52. The van der Waals surface area contributed by atoms with Crippen molar-refractivity contribution in [2.45, 2.75) is 25.3 Å². The van der Waals surface area contributed by atoms with Gasteiger partial charge in [-0.15, -0.1) is 0 Å². The predicted molar refractivity (Wildman–Crippen MR) is 90.2 cm³/mol.